The summed E-state index contributed by atoms with van der Waals surface area (Å²) in [6.07, 6.45) is 1.68. The van der Waals surface area contributed by atoms with E-state index in [9.17, 15) is 4.79 Å². The van der Waals surface area contributed by atoms with Crippen LogP contribution in [0.25, 0.3) is 11.8 Å². The van der Waals surface area contributed by atoms with Gasteiger partial charge in [0.25, 0.3) is 5.91 Å². The van der Waals surface area contributed by atoms with Gasteiger partial charge in [-0.3, -0.25) is 15.1 Å². The molecule has 0 aromatic heterocycles. The number of nitrogens with one attached hydrogen (secondary N) is 1. The van der Waals surface area contributed by atoms with E-state index in [0.717, 1.165) is 26.0 Å². The Morgan fingerprint density at radius 2 is 1.86 bits per heavy atom. The molecule has 0 saturated heterocycles. The number of aliphatic imine (C=N–C) groups is 1. The molecule has 3 aromatic rings. The van der Waals surface area contributed by atoms with Crippen molar-refractivity contribution < 1.29 is 14.3 Å². The van der Waals surface area contributed by atoms with E-state index >= 15 is 0 Å². The van der Waals surface area contributed by atoms with Crippen molar-refractivity contribution in [2.75, 3.05) is 6.61 Å². The average molecular weight is 642 g/mol. The van der Waals surface area contributed by atoms with Gasteiger partial charge >= 0.3 is 0 Å². The molecule has 0 saturated carbocycles. The fraction of sp³-hybridized carbons (Fsp3) is 0.107. The van der Waals surface area contributed by atoms with Crippen LogP contribution >= 0.6 is 46.0 Å². The molecule has 186 valence electrons. The molecular formula is C28H21ClIN3O3S. The number of fused-ring (bicyclic) bond motifs is 1. The Kier molecular flexibility index (Phi) is 7.68. The number of ether oxygens (including phenoxy) is 2. The number of halogens is 2. The van der Waals surface area contributed by atoms with Gasteiger partial charge in [0, 0.05) is 10.4 Å². The lowest BCUT2D eigenvalue weighted by Gasteiger charge is -2.27. The van der Waals surface area contributed by atoms with Gasteiger partial charge < -0.3 is 9.47 Å². The van der Waals surface area contributed by atoms with Crippen LogP contribution in [0.2, 0.25) is 5.02 Å². The van der Waals surface area contributed by atoms with Crippen molar-refractivity contribution in [2.45, 2.75) is 13.5 Å². The number of amidine groups is 2. The van der Waals surface area contributed by atoms with Crippen molar-refractivity contribution in [1.82, 2.24) is 4.90 Å². The number of hydrogen-bond acceptors (Lipinski definition) is 5. The highest BCUT2D eigenvalue weighted by atomic mass is 127. The maximum Gasteiger partial charge on any atom is 0.283 e. The molecule has 1 N–H and O–H groups in total. The highest BCUT2D eigenvalue weighted by Gasteiger charge is 2.36. The van der Waals surface area contributed by atoms with E-state index in [2.05, 4.69) is 27.6 Å². The van der Waals surface area contributed by atoms with Crippen molar-refractivity contribution in [3.8, 4) is 11.5 Å². The van der Waals surface area contributed by atoms with E-state index in [4.69, 9.17) is 26.5 Å². The predicted molar refractivity (Wildman–Crippen MR) is 158 cm³/mol. The molecule has 0 bridgehead atoms. The Balaban J connectivity index is 1.45. The molecule has 0 radical (unpaired) electrons. The van der Waals surface area contributed by atoms with Crippen LogP contribution in [-0.2, 0) is 11.4 Å². The molecule has 3 aromatic carbocycles. The lowest BCUT2D eigenvalue weighted by Crippen LogP contribution is -2.38. The molecule has 1 amide bonds. The molecule has 9 heteroatoms. The van der Waals surface area contributed by atoms with E-state index < -0.39 is 5.91 Å². The summed E-state index contributed by atoms with van der Waals surface area (Å²) >= 11 is 9.52. The minimum absolute atomic E-state index is 0.0890. The van der Waals surface area contributed by atoms with E-state index in [1.165, 1.54) is 11.8 Å². The Labute approximate surface area is 237 Å². The third-order valence-electron chi connectivity index (χ3n) is 5.62. The topological polar surface area (TPSA) is 75.0 Å². The molecule has 0 unspecified atom stereocenters. The van der Waals surface area contributed by atoms with Crippen LogP contribution in [0, 0.1) is 8.98 Å². The van der Waals surface area contributed by atoms with Gasteiger partial charge in [-0.1, -0.05) is 65.8 Å². The summed E-state index contributed by atoms with van der Waals surface area (Å²) in [7, 11) is 0. The fourth-order valence-corrected chi connectivity index (χ4v) is 5.69. The smallest absolute Gasteiger partial charge is 0.283 e. The van der Waals surface area contributed by atoms with Crippen LogP contribution in [0.15, 0.2) is 82.7 Å². The molecule has 0 aliphatic carbocycles. The number of benzene rings is 3. The molecular weight excluding hydrogens is 621 g/mol. The zero-order valence-electron chi connectivity index (χ0n) is 19.7. The third kappa shape index (κ3) is 5.46. The second kappa shape index (κ2) is 11.1. The third-order valence-corrected chi connectivity index (χ3v) is 7.50. The Morgan fingerprint density at radius 3 is 2.59 bits per heavy atom. The molecule has 2 heterocycles. The zero-order chi connectivity index (χ0) is 25.9. The first-order valence-electron chi connectivity index (χ1n) is 11.4. The summed E-state index contributed by atoms with van der Waals surface area (Å²) in [5.41, 5.74) is 3.68. The molecule has 5 rings (SSSR count). The standard InChI is InChI=1S/C28H21ClIN3O3S/c1-2-35-24-14-18(13-22(30)25(24)36-15-17-8-10-20(29)11-9-17)12-21-26(31)33-23(19-6-4-3-5-7-19)16-37-28(33)32-27(21)34/h3-14,16,31H,2,15H2,1H3/b21-12-,31-26?. The molecule has 2 aliphatic heterocycles. The molecule has 0 spiro atoms. The van der Waals surface area contributed by atoms with Gasteiger partial charge in [0.2, 0.25) is 0 Å². The van der Waals surface area contributed by atoms with Gasteiger partial charge in [0.05, 0.1) is 21.4 Å². The number of amides is 1. The maximum absolute atomic E-state index is 12.9. The summed E-state index contributed by atoms with van der Waals surface area (Å²) in [6.45, 7) is 2.71. The van der Waals surface area contributed by atoms with Crippen LogP contribution in [0.1, 0.15) is 23.6 Å². The van der Waals surface area contributed by atoms with Gasteiger partial charge in [0.15, 0.2) is 16.7 Å². The number of nitrogens with zero attached hydrogens (tertiary/aromatic N) is 2. The Morgan fingerprint density at radius 1 is 1.11 bits per heavy atom. The quantitative estimate of drug-likeness (QED) is 0.218. The van der Waals surface area contributed by atoms with Gasteiger partial charge in [-0.25, -0.2) is 0 Å². The summed E-state index contributed by atoms with van der Waals surface area (Å²) < 4.78 is 12.8. The first-order valence-corrected chi connectivity index (χ1v) is 13.8. The van der Waals surface area contributed by atoms with Crippen molar-refractivity contribution in [3.05, 3.63) is 103 Å². The highest BCUT2D eigenvalue weighted by Crippen LogP contribution is 2.39. The summed E-state index contributed by atoms with van der Waals surface area (Å²) in [5.74, 6) is 0.833. The largest absolute Gasteiger partial charge is 0.490 e. The molecule has 2 aliphatic rings. The van der Waals surface area contributed by atoms with Gasteiger partial charge in [-0.2, -0.15) is 4.99 Å². The van der Waals surface area contributed by atoms with Crippen molar-refractivity contribution in [1.29, 1.82) is 5.41 Å². The number of hydrogen-bond donors (Lipinski definition) is 1. The number of rotatable bonds is 7. The maximum atomic E-state index is 12.9. The van der Waals surface area contributed by atoms with Crippen LogP contribution in [0.3, 0.4) is 0 Å². The van der Waals surface area contributed by atoms with Crippen LogP contribution in [0.4, 0.5) is 0 Å². The van der Waals surface area contributed by atoms with E-state index in [1.54, 1.807) is 11.0 Å². The minimum Gasteiger partial charge on any atom is -0.490 e. The first-order chi connectivity index (χ1) is 17.9. The van der Waals surface area contributed by atoms with Crippen molar-refractivity contribution in [2.24, 2.45) is 4.99 Å². The van der Waals surface area contributed by atoms with Crippen molar-refractivity contribution >= 4 is 74.6 Å². The van der Waals surface area contributed by atoms with Gasteiger partial charge in [-0.15, -0.1) is 0 Å². The van der Waals surface area contributed by atoms with Gasteiger partial charge in [0.1, 0.15) is 12.4 Å². The number of carbonyl (C=O) groups is 1. The van der Waals surface area contributed by atoms with Crippen LogP contribution in [0.5, 0.6) is 11.5 Å². The van der Waals surface area contributed by atoms with Crippen LogP contribution < -0.4 is 9.47 Å². The predicted octanol–water partition coefficient (Wildman–Crippen LogP) is 7.23. The van der Waals surface area contributed by atoms with Crippen molar-refractivity contribution in [3.63, 3.8) is 0 Å². The van der Waals surface area contributed by atoms with E-state index in [-0.39, 0.29) is 11.4 Å². The Hall–Kier alpha value is -3.08. The summed E-state index contributed by atoms with van der Waals surface area (Å²) in [5, 5.41) is 12.0. The van der Waals surface area contributed by atoms with E-state index in [1.807, 2.05) is 79.1 Å². The second-order valence-electron chi connectivity index (χ2n) is 8.11. The molecule has 0 fully saturated rings. The SMILES string of the molecule is CCOc1cc(/C=C2/C(=N)N3C(c4ccccc4)=CSC3=NC2=O)cc(I)c1OCc1ccc(Cl)cc1. The molecule has 6 nitrogen and oxygen atoms in total. The van der Waals surface area contributed by atoms with E-state index in [0.29, 0.717) is 34.9 Å². The normalized spacial score (nSPS) is 16.0. The lowest BCUT2D eigenvalue weighted by molar-refractivity contribution is -0.114. The molecule has 37 heavy (non-hydrogen) atoms. The van der Waals surface area contributed by atoms with Gasteiger partial charge in [-0.05, 0) is 76.5 Å². The lowest BCUT2D eigenvalue weighted by atomic mass is 10.1. The minimum atomic E-state index is -0.442. The number of carbonyl (C=O) groups excluding carboxylic acids is 1. The zero-order valence-corrected chi connectivity index (χ0v) is 23.4. The molecule has 0 atom stereocenters. The highest BCUT2D eigenvalue weighted by molar-refractivity contribution is 14.1. The monoisotopic (exact) mass is 641 g/mol. The first kappa shape index (κ1) is 25.6. The Bertz CT molecular complexity index is 1470. The summed E-state index contributed by atoms with van der Waals surface area (Å²) in [6, 6.07) is 21.0. The number of thioether (sulfide) groups is 1. The summed E-state index contributed by atoms with van der Waals surface area (Å²) in [4.78, 5) is 18.9. The fourth-order valence-electron chi connectivity index (χ4n) is 3.89. The second-order valence-corrected chi connectivity index (χ2v) is 10.5. The average Bonchev–Trinajstić information content (AvgIpc) is 3.32. The van der Waals surface area contributed by atoms with Crippen LogP contribution in [-0.4, -0.2) is 28.4 Å².